The van der Waals surface area contributed by atoms with Crippen molar-refractivity contribution >= 4 is 11.6 Å². The van der Waals surface area contributed by atoms with E-state index in [9.17, 15) is 4.79 Å². The number of hydrogen-bond acceptors (Lipinski definition) is 4. The molecule has 0 saturated heterocycles. The lowest BCUT2D eigenvalue weighted by Crippen LogP contribution is -2.24. The molecular weight excluding hydrogens is 264 g/mol. The van der Waals surface area contributed by atoms with E-state index in [2.05, 4.69) is 20.6 Å². The second-order valence-electron chi connectivity index (χ2n) is 4.84. The average Bonchev–Trinajstić information content (AvgIpc) is 2.45. The maximum Gasteiger partial charge on any atom is 0.251 e. The molecule has 110 valence electrons. The summed E-state index contributed by atoms with van der Waals surface area (Å²) in [5.74, 6) is 0.611. The Morgan fingerprint density at radius 2 is 2.05 bits per heavy atom. The van der Waals surface area contributed by atoms with E-state index in [0.717, 1.165) is 23.5 Å². The maximum absolute atomic E-state index is 12.2. The number of anilines is 1. The molecule has 0 radical (unpaired) electrons. The summed E-state index contributed by atoms with van der Waals surface area (Å²) in [5, 5.41) is 6.12. The fourth-order valence-corrected chi connectivity index (χ4v) is 2.10. The highest BCUT2D eigenvalue weighted by atomic mass is 16.1. The second kappa shape index (κ2) is 6.83. The van der Waals surface area contributed by atoms with Crippen LogP contribution in [0.2, 0.25) is 0 Å². The predicted octanol–water partition coefficient (Wildman–Crippen LogP) is 2.46. The zero-order valence-electron chi connectivity index (χ0n) is 12.6. The third-order valence-electron chi connectivity index (χ3n) is 3.12. The Morgan fingerprint density at radius 3 is 2.71 bits per heavy atom. The minimum atomic E-state index is -0.0909. The van der Waals surface area contributed by atoms with Gasteiger partial charge in [-0.2, -0.15) is 0 Å². The van der Waals surface area contributed by atoms with E-state index in [1.165, 1.54) is 0 Å². The predicted molar refractivity (Wildman–Crippen MR) is 83.3 cm³/mol. The topological polar surface area (TPSA) is 66.9 Å². The Labute approximate surface area is 124 Å². The maximum atomic E-state index is 12.2. The molecule has 2 rings (SSSR count). The van der Waals surface area contributed by atoms with Crippen LogP contribution in [-0.2, 0) is 6.54 Å². The molecule has 0 saturated carbocycles. The van der Waals surface area contributed by atoms with Gasteiger partial charge in [-0.1, -0.05) is 0 Å². The van der Waals surface area contributed by atoms with Crippen LogP contribution in [0.25, 0.3) is 0 Å². The van der Waals surface area contributed by atoms with Crippen LogP contribution in [0.3, 0.4) is 0 Å². The molecule has 0 spiro atoms. The molecule has 0 bridgehead atoms. The summed E-state index contributed by atoms with van der Waals surface area (Å²) in [6.45, 7) is 7.06. The molecule has 0 unspecified atom stereocenters. The summed E-state index contributed by atoms with van der Waals surface area (Å²) in [7, 11) is 0. The van der Waals surface area contributed by atoms with Gasteiger partial charge in [0.05, 0.1) is 12.2 Å². The van der Waals surface area contributed by atoms with Crippen LogP contribution in [0.4, 0.5) is 5.69 Å². The van der Waals surface area contributed by atoms with Gasteiger partial charge >= 0.3 is 0 Å². The molecule has 1 aromatic heterocycles. The second-order valence-corrected chi connectivity index (χ2v) is 4.84. The highest BCUT2D eigenvalue weighted by Gasteiger charge is 2.09. The van der Waals surface area contributed by atoms with Gasteiger partial charge in [-0.3, -0.25) is 4.79 Å². The summed E-state index contributed by atoms with van der Waals surface area (Å²) in [4.78, 5) is 20.5. The summed E-state index contributed by atoms with van der Waals surface area (Å²) in [6.07, 6.45) is 1.69. The lowest BCUT2D eigenvalue weighted by molar-refractivity contribution is 0.0950. The van der Waals surface area contributed by atoms with Crippen LogP contribution in [0.1, 0.15) is 34.4 Å². The van der Waals surface area contributed by atoms with E-state index < -0.39 is 0 Å². The number of rotatable bonds is 5. The number of benzene rings is 1. The van der Waals surface area contributed by atoms with E-state index in [1.54, 1.807) is 12.3 Å². The number of aromatic nitrogens is 2. The number of hydrogen-bond donors (Lipinski definition) is 2. The van der Waals surface area contributed by atoms with E-state index in [1.807, 2.05) is 39.0 Å². The van der Waals surface area contributed by atoms with Gasteiger partial charge in [-0.25, -0.2) is 9.97 Å². The van der Waals surface area contributed by atoms with E-state index >= 15 is 0 Å². The molecule has 21 heavy (non-hydrogen) atoms. The van der Waals surface area contributed by atoms with Crippen molar-refractivity contribution in [2.75, 3.05) is 11.9 Å². The Bertz CT molecular complexity index is 640. The Hall–Kier alpha value is -2.43. The zero-order valence-corrected chi connectivity index (χ0v) is 12.6. The average molecular weight is 284 g/mol. The number of nitrogens with zero attached hydrogens (tertiary/aromatic N) is 2. The Balaban J connectivity index is 2.03. The van der Waals surface area contributed by atoms with Gasteiger partial charge in [-0.05, 0) is 50.6 Å². The van der Waals surface area contributed by atoms with Crippen LogP contribution < -0.4 is 10.6 Å². The quantitative estimate of drug-likeness (QED) is 0.885. The van der Waals surface area contributed by atoms with Gasteiger partial charge in [0.1, 0.15) is 5.82 Å². The smallest absolute Gasteiger partial charge is 0.251 e. The minimum Gasteiger partial charge on any atom is -0.385 e. The van der Waals surface area contributed by atoms with Gasteiger partial charge in [0.25, 0.3) is 5.91 Å². The van der Waals surface area contributed by atoms with Crippen molar-refractivity contribution in [2.45, 2.75) is 27.3 Å². The van der Waals surface area contributed by atoms with E-state index in [-0.39, 0.29) is 5.91 Å². The molecule has 0 aliphatic rings. The van der Waals surface area contributed by atoms with Gasteiger partial charge in [0.2, 0.25) is 0 Å². The summed E-state index contributed by atoms with van der Waals surface area (Å²) in [5.41, 5.74) is 3.46. The van der Waals surface area contributed by atoms with Crippen molar-refractivity contribution in [3.63, 3.8) is 0 Å². The number of carbonyl (C=O) groups is 1. The van der Waals surface area contributed by atoms with Crippen LogP contribution >= 0.6 is 0 Å². The van der Waals surface area contributed by atoms with Crippen LogP contribution in [0.5, 0.6) is 0 Å². The SMILES string of the molecule is CCNc1ccc(C(=O)NCc2ccnc(C)n2)c(C)c1. The van der Waals surface area contributed by atoms with Crippen LogP contribution in [-0.4, -0.2) is 22.4 Å². The van der Waals surface area contributed by atoms with Crippen molar-refractivity contribution in [2.24, 2.45) is 0 Å². The van der Waals surface area contributed by atoms with Crippen molar-refractivity contribution in [3.8, 4) is 0 Å². The fraction of sp³-hybridized carbons (Fsp3) is 0.312. The molecule has 5 nitrogen and oxygen atoms in total. The molecule has 1 heterocycles. The van der Waals surface area contributed by atoms with Gasteiger partial charge in [0.15, 0.2) is 0 Å². The first-order valence-electron chi connectivity index (χ1n) is 7.01. The number of nitrogens with one attached hydrogen (secondary N) is 2. The Morgan fingerprint density at radius 1 is 1.24 bits per heavy atom. The molecule has 1 amide bonds. The fourth-order valence-electron chi connectivity index (χ4n) is 2.10. The first kappa shape index (κ1) is 15.0. The largest absolute Gasteiger partial charge is 0.385 e. The number of carbonyl (C=O) groups excluding carboxylic acids is 1. The van der Waals surface area contributed by atoms with Gasteiger partial charge < -0.3 is 10.6 Å². The normalized spacial score (nSPS) is 10.2. The lowest BCUT2D eigenvalue weighted by Gasteiger charge is -2.10. The van der Waals surface area contributed by atoms with Crippen molar-refractivity contribution in [1.82, 2.24) is 15.3 Å². The first-order valence-corrected chi connectivity index (χ1v) is 7.01. The molecule has 2 N–H and O–H groups in total. The number of aryl methyl sites for hydroxylation is 2. The highest BCUT2D eigenvalue weighted by Crippen LogP contribution is 2.15. The molecule has 0 atom stereocenters. The van der Waals surface area contributed by atoms with Crippen molar-refractivity contribution < 1.29 is 4.79 Å². The first-order chi connectivity index (χ1) is 10.1. The third-order valence-corrected chi connectivity index (χ3v) is 3.12. The van der Waals surface area contributed by atoms with Crippen LogP contribution in [0.15, 0.2) is 30.5 Å². The summed E-state index contributed by atoms with van der Waals surface area (Å²) < 4.78 is 0. The lowest BCUT2D eigenvalue weighted by atomic mass is 10.1. The molecule has 5 heteroatoms. The van der Waals surface area contributed by atoms with Crippen molar-refractivity contribution in [3.05, 3.63) is 53.1 Å². The summed E-state index contributed by atoms with van der Waals surface area (Å²) >= 11 is 0. The van der Waals surface area contributed by atoms with Gasteiger partial charge in [-0.15, -0.1) is 0 Å². The standard InChI is InChI=1S/C16H20N4O/c1-4-17-13-5-6-15(11(2)9-13)16(21)19-10-14-7-8-18-12(3)20-14/h5-9,17H,4,10H2,1-3H3,(H,19,21). The van der Waals surface area contributed by atoms with Crippen molar-refractivity contribution in [1.29, 1.82) is 0 Å². The zero-order chi connectivity index (χ0) is 15.2. The monoisotopic (exact) mass is 284 g/mol. The van der Waals surface area contributed by atoms with E-state index in [4.69, 9.17) is 0 Å². The van der Waals surface area contributed by atoms with E-state index in [0.29, 0.717) is 17.9 Å². The molecule has 0 fully saturated rings. The summed E-state index contributed by atoms with van der Waals surface area (Å²) in [6, 6.07) is 7.54. The minimum absolute atomic E-state index is 0.0909. The highest BCUT2D eigenvalue weighted by molar-refractivity contribution is 5.96. The molecule has 0 aliphatic carbocycles. The van der Waals surface area contributed by atoms with Crippen LogP contribution in [0, 0.1) is 13.8 Å². The van der Waals surface area contributed by atoms with Gasteiger partial charge in [0, 0.05) is 24.0 Å². The third kappa shape index (κ3) is 4.02. The molecule has 1 aromatic carbocycles. The molecule has 0 aliphatic heterocycles. The Kier molecular flexibility index (Phi) is 4.87. The molecular formula is C16H20N4O. The number of amides is 1. The molecule has 2 aromatic rings.